The maximum absolute atomic E-state index is 12.6. The zero-order valence-corrected chi connectivity index (χ0v) is 17.8. The van der Waals surface area contributed by atoms with Crippen molar-refractivity contribution < 1.29 is 18.7 Å². The molecule has 0 aliphatic carbocycles. The smallest absolute Gasteiger partial charge is 0.344 e. The summed E-state index contributed by atoms with van der Waals surface area (Å²) in [6, 6.07) is 18.6. The molecule has 4 aromatic rings. The van der Waals surface area contributed by atoms with Crippen molar-refractivity contribution in [3.8, 4) is 5.75 Å². The van der Waals surface area contributed by atoms with Crippen molar-refractivity contribution in [2.24, 2.45) is 0 Å². The summed E-state index contributed by atoms with van der Waals surface area (Å²) in [5, 5.41) is 2.31. The number of fused-ring (bicyclic) bond motifs is 5. The number of hydrogen-bond acceptors (Lipinski definition) is 6. The SMILES string of the molecule is CCCCOC(=O)c1ccc(N2COc3ccc4c(oc(=O)c5ccccc54)c3C2)cc1. The Bertz CT molecular complexity index is 1360. The number of rotatable bonds is 5. The molecule has 3 aromatic carbocycles. The van der Waals surface area contributed by atoms with Gasteiger partial charge in [0.2, 0.25) is 0 Å². The summed E-state index contributed by atoms with van der Waals surface area (Å²) < 4.78 is 17.0. The average Bonchev–Trinajstić information content (AvgIpc) is 2.84. The summed E-state index contributed by atoms with van der Waals surface area (Å²) in [6.07, 6.45) is 1.83. The van der Waals surface area contributed by atoms with E-state index in [2.05, 4.69) is 6.92 Å². The maximum atomic E-state index is 12.6. The Hall–Kier alpha value is -3.80. The third-order valence-electron chi connectivity index (χ3n) is 5.77. The van der Waals surface area contributed by atoms with Crippen LogP contribution in [0.1, 0.15) is 35.7 Å². The normalized spacial score (nSPS) is 13.1. The molecule has 6 heteroatoms. The molecular formula is C26H23NO5. The molecule has 0 radical (unpaired) electrons. The third kappa shape index (κ3) is 3.58. The molecule has 0 saturated heterocycles. The first kappa shape index (κ1) is 20.1. The lowest BCUT2D eigenvalue weighted by Gasteiger charge is -2.31. The van der Waals surface area contributed by atoms with E-state index in [1.165, 1.54) is 0 Å². The molecule has 0 amide bonds. The molecule has 0 N–H and O–H groups in total. The molecule has 0 saturated carbocycles. The number of ether oxygens (including phenoxy) is 2. The molecule has 0 unspecified atom stereocenters. The van der Waals surface area contributed by atoms with Gasteiger partial charge in [-0.2, -0.15) is 0 Å². The van der Waals surface area contributed by atoms with E-state index >= 15 is 0 Å². The van der Waals surface area contributed by atoms with Crippen LogP contribution in [0, 0.1) is 0 Å². The van der Waals surface area contributed by atoms with Gasteiger partial charge >= 0.3 is 11.6 Å². The van der Waals surface area contributed by atoms with Crippen LogP contribution >= 0.6 is 0 Å². The number of carbonyl (C=O) groups is 1. The second-order valence-electron chi connectivity index (χ2n) is 7.86. The molecule has 0 bridgehead atoms. The fourth-order valence-electron chi connectivity index (χ4n) is 4.02. The van der Waals surface area contributed by atoms with Crippen molar-refractivity contribution >= 4 is 33.4 Å². The highest BCUT2D eigenvalue weighted by atomic mass is 16.5. The first-order chi connectivity index (χ1) is 15.7. The van der Waals surface area contributed by atoms with Gasteiger partial charge in [-0.25, -0.2) is 9.59 Å². The molecule has 1 aliphatic heterocycles. The molecule has 0 atom stereocenters. The molecule has 0 spiro atoms. The summed E-state index contributed by atoms with van der Waals surface area (Å²) in [5.41, 5.74) is 2.45. The zero-order chi connectivity index (χ0) is 22.1. The molecular weight excluding hydrogens is 406 g/mol. The topological polar surface area (TPSA) is 69.0 Å². The quantitative estimate of drug-likeness (QED) is 0.187. The number of hydrogen-bond donors (Lipinski definition) is 0. The fraction of sp³-hybridized carbons (Fsp3) is 0.231. The molecule has 162 valence electrons. The second kappa shape index (κ2) is 8.38. The van der Waals surface area contributed by atoms with Gasteiger partial charge in [0.1, 0.15) is 11.3 Å². The molecule has 5 rings (SSSR count). The van der Waals surface area contributed by atoms with E-state index in [1.54, 1.807) is 18.2 Å². The van der Waals surface area contributed by atoms with Crippen LogP contribution < -0.4 is 15.3 Å². The van der Waals surface area contributed by atoms with Gasteiger partial charge in [-0.3, -0.25) is 0 Å². The average molecular weight is 429 g/mol. The lowest BCUT2D eigenvalue weighted by atomic mass is 10.0. The number of anilines is 1. The number of benzene rings is 3. The Kier molecular flexibility index (Phi) is 5.27. The first-order valence-corrected chi connectivity index (χ1v) is 10.8. The highest BCUT2D eigenvalue weighted by Gasteiger charge is 2.23. The van der Waals surface area contributed by atoms with E-state index < -0.39 is 0 Å². The number of esters is 1. The van der Waals surface area contributed by atoms with Gasteiger partial charge in [0.05, 0.1) is 29.7 Å². The lowest BCUT2D eigenvalue weighted by molar-refractivity contribution is 0.0500. The fourth-order valence-corrected chi connectivity index (χ4v) is 4.02. The van der Waals surface area contributed by atoms with Crippen molar-refractivity contribution in [3.63, 3.8) is 0 Å². The summed E-state index contributed by atoms with van der Waals surface area (Å²) in [6.45, 7) is 3.37. The van der Waals surface area contributed by atoms with Crippen molar-refractivity contribution in [1.82, 2.24) is 0 Å². The van der Waals surface area contributed by atoms with E-state index in [4.69, 9.17) is 13.9 Å². The minimum atomic E-state index is -0.357. The first-order valence-electron chi connectivity index (χ1n) is 10.8. The number of carbonyl (C=O) groups excluding carboxylic acids is 1. The van der Waals surface area contributed by atoms with Gasteiger partial charge in [-0.1, -0.05) is 31.5 Å². The van der Waals surface area contributed by atoms with Crippen molar-refractivity contribution in [3.05, 3.63) is 82.2 Å². The van der Waals surface area contributed by atoms with E-state index in [0.717, 1.165) is 34.9 Å². The third-order valence-corrected chi connectivity index (χ3v) is 5.77. The van der Waals surface area contributed by atoms with Gasteiger partial charge in [0, 0.05) is 11.1 Å². The van der Waals surface area contributed by atoms with E-state index in [1.807, 2.05) is 47.4 Å². The molecule has 1 aromatic heterocycles. The molecule has 32 heavy (non-hydrogen) atoms. The molecule has 2 heterocycles. The van der Waals surface area contributed by atoms with Crippen LogP contribution in [0.2, 0.25) is 0 Å². The van der Waals surface area contributed by atoms with Gasteiger partial charge in [-0.05, 0) is 54.3 Å². The lowest BCUT2D eigenvalue weighted by Crippen LogP contribution is -2.32. The highest BCUT2D eigenvalue weighted by molar-refractivity contribution is 6.05. The van der Waals surface area contributed by atoms with Crippen LogP contribution in [-0.4, -0.2) is 19.3 Å². The van der Waals surface area contributed by atoms with Gasteiger partial charge in [-0.15, -0.1) is 0 Å². The molecule has 0 fully saturated rings. The van der Waals surface area contributed by atoms with Gasteiger partial charge < -0.3 is 18.8 Å². The Morgan fingerprint density at radius 3 is 2.56 bits per heavy atom. The predicted octanol–water partition coefficient (Wildman–Crippen LogP) is 5.26. The van der Waals surface area contributed by atoms with Crippen LogP contribution in [0.5, 0.6) is 5.75 Å². The Morgan fingerprint density at radius 2 is 1.78 bits per heavy atom. The Morgan fingerprint density at radius 1 is 1.00 bits per heavy atom. The Balaban J connectivity index is 1.45. The second-order valence-corrected chi connectivity index (χ2v) is 7.86. The molecule has 1 aliphatic rings. The van der Waals surface area contributed by atoms with Crippen LogP contribution in [0.4, 0.5) is 5.69 Å². The minimum absolute atomic E-state index is 0.315. The Labute approximate surface area is 185 Å². The van der Waals surface area contributed by atoms with Gasteiger partial charge in [0.25, 0.3) is 0 Å². The number of nitrogens with zero attached hydrogens (tertiary/aromatic N) is 1. The maximum Gasteiger partial charge on any atom is 0.344 e. The summed E-state index contributed by atoms with van der Waals surface area (Å²) in [7, 11) is 0. The summed E-state index contributed by atoms with van der Waals surface area (Å²) >= 11 is 0. The monoisotopic (exact) mass is 429 g/mol. The largest absolute Gasteiger partial charge is 0.473 e. The van der Waals surface area contributed by atoms with E-state index in [9.17, 15) is 9.59 Å². The van der Waals surface area contributed by atoms with Crippen molar-refractivity contribution in [2.45, 2.75) is 26.3 Å². The van der Waals surface area contributed by atoms with Crippen LogP contribution in [0.15, 0.2) is 69.9 Å². The number of unbranched alkanes of at least 4 members (excludes halogenated alkanes) is 1. The van der Waals surface area contributed by atoms with Gasteiger partial charge in [0.15, 0.2) is 6.73 Å². The highest BCUT2D eigenvalue weighted by Crippen LogP contribution is 2.36. The standard InChI is InChI=1S/C26H23NO5/c1-2-3-14-30-25(28)17-8-10-18(11-9-17)27-15-22-23(31-16-27)13-12-20-19-6-4-5-7-21(19)26(29)32-24(20)22/h4-13H,2-3,14-16H2,1H3. The predicted molar refractivity (Wildman–Crippen MR) is 123 cm³/mol. The minimum Gasteiger partial charge on any atom is -0.473 e. The van der Waals surface area contributed by atoms with Crippen LogP contribution in [0.25, 0.3) is 21.7 Å². The zero-order valence-electron chi connectivity index (χ0n) is 17.8. The summed E-state index contributed by atoms with van der Waals surface area (Å²) in [5.74, 6) is 0.396. The van der Waals surface area contributed by atoms with Crippen molar-refractivity contribution in [1.29, 1.82) is 0 Å². The molecule has 6 nitrogen and oxygen atoms in total. The van der Waals surface area contributed by atoms with E-state index in [0.29, 0.717) is 42.2 Å². The van der Waals surface area contributed by atoms with Crippen LogP contribution in [0.3, 0.4) is 0 Å². The van der Waals surface area contributed by atoms with Crippen LogP contribution in [-0.2, 0) is 11.3 Å². The van der Waals surface area contributed by atoms with E-state index in [-0.39, 0.29) is 11.6 Å². The van der Waals surface area contributed by atoms with Crippen molar-refractivity contribution in [2.75, 3.05) is 18.2 Å². The summed E-state index contributed by atoms with van der Waals surface area (Å²) in [4.78, 5) is 26.7.